The van der Waals surface area contributed by atoms with Gasteiger partial charge in [-0.3, -0.25) is 0 Å². The molecule has 0 amide bonds. The first-order valence-corrected chi connectivity index (χ1v) is 5.31. The average molecular weight is 290 g/mol. The number of phenols is 1. The van der Waals surface area contributed by atoms with Gasteiger partial charge in [-0.05, 0) is 6.92 Å². The van der Waals surface area contributed by atoms with Crippen molar-refractivity contribution in [2.75, 3.05) is 0 Å². The summed E-state index contributed by atoms with van der Waals surface area (Å²) in [6.45, 7) is 1.06. The Bertz CT molecular complexity index is 662. The topological polar surface area (TPSA) is 29.5 Å². The summed E-state index contributed by atoms with van der Waals surface area (Å²) in [5, 5.41) is 9.41. The molecule has 2 rings (SSSR count). The van der Waals surface area contributed by atoms with E-state index in [4.69, 9.17) is 0 Å². The first kappa shape index (κ1) is 14.1. The maximum atomic E-state index is 13.4. The smallest absolute Gasteiger partial charge is 0.199 e. The standard InChI is InChI=1S/C13H7F5O2/c1-5-7(15)4-10(12(19)11(5)18)20-13-8(16)2-6(14)3-9(13)17/h2-4,19H,1H3. The zero-order valence-electron chi connectivity index (χ0n) is 9.98. The van der Waals surface area contributed by atoms with E-state index in [1.54, 1.807) is 0 Å². The minimum absolute atomic E-state index is 0.330. The fourth-order valence-corrected chi connectivity index (χ4v) is 1.50. The molecule has 0 bridgehead atoms. The van der Waals surface area contributed by atoms with Gasteiger partial charge in [-0.15, -0.1) is 0 Å². The predicted molar refractivity (Wildman–Crippen MR) is 59.1 cm³/mol. The van der Waals surface area contributed by atoms with Crippen LogP contribution < -0.4 is 4.74 Å². The molecular weight excluding hydrogens is 283 g/mol. The number of hydrogen-bond acceptors (Lipinski definition) is 2. The Morgan fingerprint density at radius 1 is 0.900 bits per heavy atom. The highest BCUT2D eigenvalue weighted by molar-refractivity contribution is 5.46. The molecule has 0 radical (unpaired) electrons. The highest BCUT2D eigenvalue weighted by Crippen LogP contribution is 2.37. The molecular formula is C13H7F5O2. The lowest BCUT2D eigenvalue weighted by Gasteiger charge is -2.11. The van der Waals surface area contributed by atoms with Crippen molar-refractivity contribution in [3.63, 3.8) is 0 Å². The maximum absolute atomic E-state index is 13.4. The van der Waals surface area contributed by atoms with Crippen LogP contribution in [0.3, 0.4) is 0 Å². The predicted octanol–water partition coefficient (Wildman–Crippen LogP) is 4.19. The van der Waals surface area contributed by atoms with Gasteiger partial charge in [0.1, 0.15) is 11.6 Å². The third-order valence-electron chi connectivity index (χ3n) is 2.56. The first-order valence-electron chi connectivity index (χ1n) is 5.31. The van der Waals surface area contributed by atoms with Crippen molar-refractivity contribution >= 4 is 0 Å². The van der Waals surface area contributed by atoms with Crippen LogP contribution in [-0.4, -0.2) is 5.11 Å². The molecule has 0 saturated carbocycles. The monoisotopic (exact) mass is 290 g/mol. The van der Waals surface area contributed by atoms with Crippen LogP contribution in [0.25, 0.3) is 0 Å². The minimum Gasteiger partial charge on any atom is -0.502 e. The van der Waals surface area contributed by atoms with E-state index in [1.807, 2.05) is 0 Å². The minimum atomic E-state index is -1.41. The Kier molecular flexibility index (Phi) is 3.52. The summed E-state index contributed by atoms with van der Waals surface area (Å²) in [5.41, 5.74) is -0.477. The number of halogens is 5. The molecule has 0 unspecified atom stereocenters. The summed E-state index contributed by atoms with van der Waals surface area (Å²) in [6.07, 6.45) is 0. The maximum Gasteiger partial charge on any atom is 0.199 e. The zero-order chi connectivity index (χ0) is 15.0. The van der Waals surface area contributed by atoms with Gasteiger partial charge in [-0.25, -0.2) is 22.0 Å². The second-order valence-electron chi connectivity index (χ2n) is 3.94. The van der Waals surface area contributed by atoms with Crippen molar-refractivity contribution in [3.05, 3.63) is 52.8 Å². The highest BCUT2D eigenvalue weighted by atomic mass is 19.2. The Morgan fingerprint density at radius 3 is 2.00 bits per heavy atom. The zero-order valence-corrected chi connectivity index (χ0v) is 9.98. The molecule has 2 nitrogen and oxygen atoms in total. The molecule has 0 saturated heterocycles. The summed E-state index contributed by atoms with van der Waals surface area (Å²) in [5.74, 6) is -9.41. The van der Waals surface area contributed by atoms with E-state index in [2.05, 4.69) is 4.74 Å². The van der Waals surface area contributed by atoms with Gasteiger partial charge in [0.15, 0.2) is 34.7 Å². The molecule has 0 spiro atoms. The third-order valence-corrected chi connectivity index (χ3v) is 2.56. The second-order valence-corrected chi connectivity index (χ2v) is 3.94. The number of rotatable bonds is 2. The molecule has 2 aromatic carbocycles. The normalized spacial score (nSPS) is 10.7. The fourth-order valence-electron chi connectivity index (χ4n) is 1.50. The summed E-state index contributed by atoms with van der Waals surface area (Å²) >= 11 is 0. The number of aromatic hydroxyl groups is 1. The molecule has 0 heterocycles. The SMILES string of the molecule is Cc1c(F)cc(Oc2c(F)cc(F)cc2F)c(O)c1F. The molecule has 20 heavy (non-hydrogen) atoms. The summed E-state index contributed by atoms with van der Waals surface area (Å²) in [6, 6.07) is 1.22. The van der Waals surface area contributed by atoms with Crippen LogP contribution in [0.2, 0.25) is 0 Å². The van der Waals surface area contributed by atoms with Crippen LogP contribution >= 0.6 is 0 Å². The lowest BCUT2D eigenvalue weighted by Crippen LogP contribution is -1.98. The molecule has 0 aliphatic carbocycles. The van der Waals surface area contributed by atoms with Crippen LogP contribution in [-0.2, 0) is 0 Å². The van der Waals surface area contributed by atoms with E-state index in [1.165, 1.54) is 0 Å². The van der Waals surface area contributed by atoms with E-state index in [0.29, 0.717) is 18.2 Å². The van der Waals surface area contributed by atoms with E-state index in [9.17, 15) is 27.1 Å². The Balaban J connectivity index is 2.51. The number of hydrogen-bond donors (Lipinski definition) is 1. The lowest BCUT2D eigenvalue weighted by molar-refractivity contribution is 0.354. The summed E-state index contributed by atoms with van der Waals surface area (Å²) in [7, 11) is 0. The van der Waals surface area contributed by atoms with Crippen molar-refractivity contribution in [1.29, 1.82) is 0 Å². The Labute approximate surface area is 110 Å². The summed E-state index contributed by atoms with van der Waals surface area (Å²) < 4.78 is 70.7. The van der Waals surface area contributed by atoms with Crippen molar-refractivity contribution in [3.8, 4) is 17.2 Å². The van der Waals surface area contributed by atoms with Crippen LogP contribution in [0.4, 0.5) is 22.0 Å². The van der Waals surface area contributed by atoms with Crippen molar-refractivity contribution in [2.24, 2.45) is 0 Å². The van der Waals surface area contributed by atoms with Crippen LogP contribution in [0.15, 0.2) is 18.2 Å². The first-order chi connectivity index (χ1) is 9.31. The Hall–Kier alpha value is -2.31. The van der Waals surface area contributed by atoms with Crippen molar-refractivity contribution in [2.45, 2.75) is 6.92 Å². The Morgan fingerprint density at radius 2 is 1.45 bits per heavy atom. The molecule has 1 N–H and O–H groups in total. The fraction of sp³-hybridized carbons (Fsp3) is 0.0769. The number of benzene rings is 2. The van der Waals surface area contributed by atoms with E-state index in [0.717, 1.165) is 6.92 Å². The second kappa shape index (κ2) is 4.99. The molecule has 0 aliphatic rings. The van der Waals surface area contributed by atoms with Gasteiger partial charge in [0.2, 0.25) is 0 Å². The van der Waals surface area contributed by atoms with E-state index >= 15 is 0 Å². The van der Waals surface area contributed by atoms with Gasteiger partial charge in [-0.1, -0.05) is 0 Å². The molecule has 0 aromatic heterocycles. The van der Waals surface area contributed by atoms with E-state index in [-0.39, 0.29) is 0 Å². The molecule has 2 aromatic rings. The number of ether oxygens (including phenoxy) is 1. The van der Waals surface area contributed by atoms with E-state index < -0.39 is 51.9 Å². The largest absolute Gasteiger partial charge is 0.502 e. The molecule has 0 atom stereocenters. The van der Waals surface area contributed by atoms with Crippen LogP contribution in [0, 0.1) is 36.0 Å². The summed E-state index contributed by atoms with van der Waals surface area (Å²) in [4.78, 5) is 0. The van der Waals surface area contributed by atoms with Gasteiger partial charge in [0.05, 0.1) is 0 Å². The van der Waals surface area contributed by atoms with Crippen molar-refractivity contribution in [1.82, 2.24) is 0 Å². The molecule has 7 heteroatoms. The quantitative estimate of drug-likeness (QED) is 0.840. The average Bonchev–Trinajstić information content (AvgIpc) is 2.37. The molecule has 106 valence electrons. The third kappa shape index (κ3) is 2.38. The lowest BCUT2D eigenvalue weighted by atomic mass is 10.2. The van der Waals surface area contributed by atoms with Gasteiger partial charge < -0.3 is 9.84 Å². The van der Waals surface area contributed by atoms with Gasteiger partial charge in [0.25, 0.3) is 0 Å². The van der Waals surface area contributed by atoms with Crippen LogP contribution in [0.5, 0.6) is 17.2 Å². The van der Waals surface area contributed by atoms with Gasteiger partial charge in [0, 0.05) is 23.8 Å². The van der Waals surface area contributed by atoms with Gasteiger partial charge in [-0.2, -0.15) is 0 Å². The van der Waals surface area contributed by atoms with Crippen LogP contribution in [0.1, 0.15) is 5.56 Å². The molecule has 0 aliphatic heterocycles. The van der Waals surface area contributed by atoms with Crippen molar-refractivity contribution < 1.29 is 31.8 Å². The van der Waals surface area contributed by atoms with Gasteiger partial charge >= 0.3 is 0 Å². The highest BCUT2D eigenvalue weighted by Gasteiger charge is 2.20. The number of phenolic OH excluding ortho intramolecular Hbond substituents is 1. The molecule has 0 fully saturated rings.